The number of nitrogens with two attached hydrogens (primary N) is 1. The quantitative estimate of drug-likeness (QED) is 0.937. The molecule has 0 saturated carbocycles. The smallest absolute Gasteiger partial charge is 0.180 e. The van der Waals surface area contributed by atoms with Crippen LogP contribution in [-0.2, 0) is 12.8 Å². The monoisotopic (exact) mass is 328 g/mol. The summed E-state index contributed by atoms with van der Waals surface area (Å²) in [7, 11) is 4.16. The molecule has 2 N–H and O–H groups in total. The predicted octanol–water partition coefficient (Wildman–Crippen LogP) is 2.91. The first kappa shape index (κ1) is 16.0. The number of nitrogen functional groups attached to an aromatic ring is 1. The molecule has 0 unspecified atom stereocenters. The first-order valence-corrected chi connectivity index (χ1v) is 8.84. The average Bonchev–Trinajstić information content (AvgIpc) is 2.79. The Morgan fingerprint density at radius 3 is 2.87 bits per heavy atom. The molecule has 2 aromatic rings. The van der Waals surface area contributed by atoms with Gasteiger partial charge in [0.25, 0.3) is 0 Å². The van der Waals surface area contributed by atoms with Gasteiger partial charge in [0.1, 0.15) is 0 Å². The lowest BCUT2D eigenvalue weighted by molar-refractivity contribution is 0.318. The van der Waals surface area contributed by atoms with Gasteiger partial charge in [-0.05, 0) is 18.1 Å². The van der Waals surface area contributed by atoms with Crippen molar-refractivity contribution < 1.29 is 0 Å². The average molecular weight is 328 g/mol. The summed E-state index contributed by atoms with van der Waals surface area (Å²) in [5.41, 5.74) is 9.53. The van der Waals surface area contributed by atoms with Crippen molar-refractivity contribution in [2.75, 3.05) is 44.4 Å². The summed E-state index contributed by atoms with van der Waals surface area (Å²) in [4.78, 5) is 10.5. The van der Waals surface area contributed by atoms with Crippen LogP contribution < -0.4 is 10.6 Å². The van der Waals surface area contributed by atoms with E-state index >= 15 is 0 Å². The maximum Gasteiger partial charge on any atom is 0.180 e. The third kappa shape index (κ3) is 3.92. The molecule has 23 heavy (non-hydrogen) atoms. The molecule has 0 radical (unpaired) electrons. The molecule has 0 bridgehead atoms. The fourth-order valence-electron chi connectivity index (χ4n) is 2.98. The van der Waals surface area contributed by atoms with Crippen molar-refractivity contribution in [3.8, 4) is 0 Å². The largest absolute Gasteiger partial charge is 0.377 e. The van der Waals surface area contributed by atoms with Crippen LogP contribution in [0, 0.1) is 0 Å². The minimum atomic E-state index is 0.712. The Bertz CT molecular complexity index is 665. The fourth-order valence-corrected chi connectivity index (χ4v) is 3.84. The lowest BCUT2D eigenvalue weighted by atomic mass is 10.1. The number of hydrogen-bond donors (Lipinski definition) is 1. The second-order valence-electron chi connectivity index (χ2n) is 6.08. The van der Waals surface area contributed by atoms with Gasteiger partial charge in [-0.2, -0.15) is 0 Å². The third-order valence-corrected chi connectivity index (χ3v) is 5.18. The van der Waals surface area contributed by atoms with Crippen molar-refractivity contribution in [3.63, 3.8) is 0 Å². The zero-order valence-electron chi connectivity index (χ0n) is 13.8. The van der Waals surface area contributed by atoms with Gasteiger partial charge in [-0.25, -0.2) is 4.98 Å². The highest BCUT2D eigenvalue weighted by Crippen LogP contribution is 2.24. The van der Waals surface area contributed by atoms with Gasteiger partial charge < -0.3 is 10.6 Å². The normalized spacial score (nSPS) is 15.6. The van der Waals surface area contributed by atoms with E-state index in [9.17, 15) is 0 Å². The SMILES string of the molecule is CN(C)c1ccccc1C=CCN1CCc2nc(N)sc2CC1. The summed E-state index contributed by atoms with van der Waals surface area (Å²) in [6, 6.07) is 8.49. The Balaban J connectivity index is 1.60. The number of nitrogens with zero attached hydrogens (tertiary/aromatic N) is 3. The highest BCUT2D eigenvalue weighted by molar-refractivity contribution is 7.15. The molecule has 1 aliphatic rings. The van der Waals surface area contributed by atoms with E-state index in [1.807, 2.05) is 0 Å². The molecular formula is C18H24N4S. The van der Waals surface area contributed by atoms with Crippen molar-refractivity contribution >= 4 is 28.2 Å². The van der Waals surface area contributed by atoms with E-state index in [1.54, 1.807) is 11.3 Å². The first-order chi connectivity index (χ1) is 11.1. The zero-order valence-corrected chi connectivity index (χ0v) is 14.6. The van der Waals surface area contributed by atoms with Crippen molar-refractivity contribution in [3.05, 3.63) is 46.5 Å². The lowest BCUT2D eigenvalue weighted by Gasteiger charge is -2.18. The molecule has 3 rings (SSSR count). The summed E-state index contributed by atoms with van der Waals surface area (Å²) in [6.45, 7) is 3.11. The summed E-state index contributed by atoms with van der Waals surface area (Å²) in [6.07, 6.45) is 6.56. The molecule has 0 atom stereocenters. The third-order valence-electron chi connectivity index (χ3n) is 4.19. The Morgan fingerprint density at radius 1 is 1.26 bits per heavy atom. The van der Waals surface area contributed by atoms with Crippen LogP contribution in [0.3, 0.4) is 0 Å². The Hall–Kier alpha value is -1.85. The minimum Gasteiger partial charge on any atom is -0.377 e. The van der Waals surface area contributed by atoms with Gasteiger partial charge >= 0.3 is 0 Å². The lowest BCUT2D eigenvalue weighted by Crippen LogP contribution is -2.26. The molecule has 1 aromatic carbocycles. The molecule has 0 spiro atoms. The molecule has 0 saturated heterocycles. The molecule has 0 amide bonds. The van der Waals surface area contributed by atoms with Gasteiger partial charge in [-0.15, -0.1) is 11.3 Å². The van der Waals surface area contributed by atoms with Crippen LogP contribution in [0.25, 0.3) is 6.08 Å². The Labute approximate surface area is 142 Å². The van der Waals surface area contributed by atoms with Gasteiger partial charge in [0, 0.05) is 50.7 Å². The van der Waals surface area contributed by atoms with Gasteiger partial charge in [0.05, 0.1) is 5.69 Å². The summed E-state index contributed by atoms with van der Waals surface area (Å²) < 4.78 is 0. The van der Waals surface area contributed by atoms with Crippen LogP contribution in [-0.4, -0.2) is 43.6 Å². The first-order valence-electron chi connectivity index (χ1n) is 8.03. The number of benzene rings is 1. The number of hydrogen-bond acceptors (Lipinski definition) is 5. The van der Waals surface area contributed by atoms with Gasteiger partial charge in [-0.1, -0.05) is 30.4 Å². The number of anilines is 2. The molecule has 2 heterocycles. The van der Waals surface area contributed by atoms with Gasteiger partial charge in [0.15, 0.2) is 5.13 Å². The maximum atomic E-state index is 5.81. The van der Waals surface area contributed by atoms with Crippen LogP contribution in [0.1, 0.15) is 16.1 Å². The fraction of sp³-hybridized carbons (Fsp3) is 0.389. The molecule has 122 valence electrons. The standard InChI is InChI=1S/C18H24N4S/c1-21(2)16-8-4-3-6-14(16)7-5-11-22-12-9-15-17(10-13-22)23-18(19)20-15/h3-8H,9-13H2,1-2H3,(H2,19,20). The number of fused-ring (bicyclic) bond motifs is 1. The van der Waals surface area contributed by atoms with E-state index < -0.39 is 0 Å². The van der Waals surface area contributed by atoms with Crippen LogP contribution >= 0.6 is 11.3 Å². The van der Waals surface area contributed by atoms with E-state index in [1.165, 1.54) is 21.8 Å². The Morgan fingerprint density at radius 2 is 2.04 bits per heavy atom. The number of para-hydroxylation sites is 1. The predicted molar refractivity (Wildman–Crippen MR) is 100 cm³/mol. The van der Waals surface area contributed by atoms with Crippen molar-refractivity contribution in [1.82, 2.24) is 9.88 Å². The van der Waals surface area contributed by atoms with E-state index in [2.05, 4.69) is 65.3 Å². The molecular weight excluding hydrogens is 304 g/mol. The molecule has 4 nitrogen and oxygen atoms in total. The molecule has 1 aromatic heterocycles. The van der Waals surface area contributed by atoms with Gasteiger partial charge in [0.2, 0.25) is 0 Å². The summed E-state index contributed by atoms with van der Waals surface area (Å²) in [5.74, 6) is 0. The van der Waals surface area contributed by atoms with Crippen LogP contribution in [0.15, 0.2) is 30.3 Å². The van der Waals surface area contributed by atoms with Crippen molar-refractivity contribution in [2.45, 2.75) is 12.8 Å². The molecule has 5 heteroatoms. The van der Waals surface area contributed by atoms with Crippen molar-refractivity contribution in [2.24, 2.45) is 0 Å². The van der Waals surface area contributed by atoms with E-state index in [4.69, 9.17) is 5.73 Å². The molecule has 0 fully saturated rings. The Kier molecular flexibility index (Phi) is 4.98. The van der Waals surface area contributed by atoms with Crippen molar-refractivity contribution in [1.29, 1.82) is 0 Å². The van der Waals surface area contributed by atoms with E-state index in [0.717, 1.165) is 32.5 Å². The maximum absolute atomic E-state index is 5.81. The van der Waals surface area contributed by atoms with Crippen LogP contribution in [0.4, 0.5) is 10.8 Å². The summed E-state index contributed by atoms with van der Waals surface area (Å²) >= 11 is 1.65. The number of aromatic nitrogens is 1. The minimum absolute atomic E-state index is 0.712. The number of rotatable bonds is 4. The highest BCUT2D eigenvalue weighted by atomic mass is 32.1. The summed E-state index contributed by atoms with van der Waals surface area (Å²) in [5, 5.41) is 0.712. The zero-order chi connectivity index (χ0) is 16.2. The molecule has 1 aliphatic heterocycles. The second kappa shape index (κ2) is 7.15. The molecule has 0 aliphatic carbocycles. The topological polar surface area (TPSA) is 45.4 Å². The van der Waals surface area contributed by atoms with Crippen LogP contribution in [0.5, 0.6) is 0 Å². The van der Waals surface area contributed by atoms with Crippen LogP contribution in [0.2, 0.25) is 0 Å². The van der Waals surface area contributed by atoms with E-state index in [-0.39, 0.29) is 0 Å². The number of thiazole rings is 1. The second-order valence-corrected chi connectivity index (χ2v) is 7.19. The van der Waals surface area contributed by atoms with Gasteiger partial charge in [-0.3, -0.25) is 4.90 Å². The van der Waals surface area contributed by atoms with E-state index in [0.29, 0.717) is 5.13 Å². The highest BCUT2D eigenvalue weighted by Gasteiger charge is 2.16.